The van der Waals surface area contributed by atoms with E-state index in [1.807, 2.05) is 5.51 Å². The molecular weight excluding hydrogens is 182 g/mol. The van der Waals surface area contributed by atoms with Gasteiger partial charge in [-0.3, -0.25) is 4.90 Å². The van der Waals surface area contributed by atoms with Crippen LogP contribution in [0.15, 0.2) is 5.51 Å². The van der Waals surface area contributed by atoms with E-state index in [4.69, 9.17) is 5.73 Å². The number of rotatable bonds is 3. The van der Waals surface area contributed by atoms with Gasteiger partial charge in [0.05, 0.1) is 11.2 Å². The third-order valence-corrected chi connectivity index (χ3v) is 3.34. The average molecular weight is 197 g/mol. The maximum atomic E-state index is 5.59. The van der Waals surface area contributed by atoms with E-state index < -0.39 is 0 Å². The van der Waals surface area contributed by atoms with Crippen molar-refractivity contribution in [3.05, 3.63) is 16.1 Å². The van der Waals surface area contributed by atoms with Crippen LogP contribution in [-0.2, 0) is 13.1 Å². The van der Waals surface area contributed by atoms with Gasteiger partial charge in [0.2, 0.25) is 0 Å². The van der Waals surface area contributed by atoms with Crippen LogP contribution in [0.3, 0.4) is 0 Å². The molecule has 0 aromatic carbocycles. The molecule has 1 saturated heterocycles. The summed E-state index contributed by atoms with van der Waals surface area (Å²) >= 11 is 1.73. The van der Waals surface area contributed by atoms with Gasteiger partial charge in [-0.2, -0.15) is 0 Å². The molecule has 0 aliphatic carbocycles. The number of likely N-dealkylation sites (tertiary alicyclic amines) is 1. The standard InChI is InChI=1S/C9H15N3S/c10-5-8-9(13-7-11-8)6-12-3-1-2-4-12/h7H,1-6,10H2. The van der Waals surface area contributed by atoms with Crippen LogP contribution in [0.25, 0.3) is 0 Å². The van der Waals surface area contributed by atoms with Gasteiger partial charge in [0.1, 0.15) is 0 Å². The molecular formula is C9H15N3S. The number of hydrogen-bond donors (Lipinski definition) is 1. The summed E-state index contributed by atoms with van der Waals surface area (Å²) in [7, 11) is 0. The number of nitrogens with zero attached hydrogens (tertiary/aromatic N) is 2. The minimum Gasteiger partial charge on any atom is -0.325 e. The lowest BCUT2D eigenvalue weighted by Gasteiger charge is -2.13. The van der Waals surface area contributed by atoms with Crippen molar-refractivity contribution in [2.75, 3.05) is 13.1 Å². The normalized spacial score (nSPS) is 18.2. The van der Waals surface area contributed by atoms with Crippen molar-refractivity contribution >= 4 is 11.3 Å². The Hall–Kier alpha value is -0.450. The summed E-state index contributed by atoms with van der Waals surface area (Å²) in [5.41, 5.74) is 8.57. The number of aromatic nitrogens is 1. The van der Waals surface area contributed by atoms with E-state index in [-0.39, 0.29) is 0 Å². The van der Waals surface area contributed by atoms with E-state index in [0.29, 0.717) is 6.54 Å². The van der Waals surface area contributed by atoms with Crippen molar-refractivity contribution < 1.29 is 0 Å². The van der Waals surface area contributed by atoms with Gasteiger partial charge < -0.3 is 5.73 Å². The Kier molecular flexibility index (Phi) is 2.93. The summed E-state index contributed by atoms with van der Waals surface area (Å²) in [6.45, 7) is 4.10. The fourth-order valence-corrected chi connectivity index (χ4v) is 2.57. The van der Waals surface area contributed by atoms with Crippen molar-refractivity contribution in [3.63, 3.8) is 0 Å². The fraction of sp³-hybridized carbons (Fsp3) is 0.667. The molecule has 0 saturated carbocycles. The smallest absolute Gasteiger partial charge is 0.0798 e. The minimum atomic E-state index is 0.576. The molecule has 0 spiro atoms. The van der Waals surface area contributed by atoms with Crippen LogP contribution in [0.1, 0.15) is 23.4 Å². The molecule has 1 aromatic heterocycles. The molecule has 2 heterocycles. The lowest BCUT2D eigenvalue weighted by Crippen LogP contribution is -2.18. The Bertz CT molecular complexity index is 266. The Labute approximate surface area is 82.6 Å². The highest BCUT2D eigenvalue weighted by molar-refractivity contribution is 7.09. The molecule has 1 aromatic rings. The molecule has 1 fully saturated rings. The first-order chi connectivity index (χ1) is 6.40. The lowest BCUT2D eigenvalue weighted by molar-refractivity contribution is 0.333. The molecule has 1 aliphatic heterocycles. The van der Waals surface area contributed by atoms with Crippen LogP contribution >= 0.6 is 11.3 Å². The zero-order valence-corrected chi connectivity index (χ0v) is 8.52. The van der Waals surface area contributed by atoms with Crippen LogP contribution in [0, 0.1) is 0 Å². The number of thiazole rings is 1. The van der Waals surface area contributed by atoms with Crippen LogP contribution in [0.2, 0.25) is 0 Å². The number of nitrogens with two attached hydrogens (primary N) is 1. The van der Waals surface area contributed by atoms with E-state index in [9.17, 15) is 0 Å². The fourth-order valence-electron chi connectivity index (χ4n) is 1.73. The molecule has 0 amide bonds. The van der Waals surface area contributed by atoms with Crippen molar-refractivity contribution in [2.45, 2.75) is 25.9 Å². The molecule has 0 bridgehead atoms. The zero-order valence-electron chi connectivity index (χ0n) is 7.70. The maximum absolute atomic E-state index is 5.59. The Morgan fingerprint density at radius 2 is 2.23 bits per heavy atom. The van der Waals surface area contributed by atoms with Crippen molar-refractivity contribution in [2.24, 2.45) is 5.73 Å². The summed E-state index contributed by atoms with van der Waals surface area (Å²) in [6.07, 6.45) is 2.69. The van der Waals surface area contributed by atoms with Gasteiger partial charge in [-0.1, -0.05) is 0 Å². The van der Waals surface area contributed by atoms with Gasteiger partial charge in [0.15, 0.2) is 0 Å². The van der Waals surface area contributed by atoms with E-state index >= 15 is 0 Å². The minimum absolute atomic E-state index is 0.576. The van der Waals surface area contributed by atoms with Crippen LogP contribution < -0.4 is 5.73 Å². The van der Waals surface area contributed by atoms with Gasteiger partial charge in [0, 0.05) is 18.0 Å². The molecule has 2 rings (SSSR count). The first kappa shape index (κ1) is 9.12. The van der Waals surface area contributed by atoms with Crippen LogP contribution in [-0.4, -0.2) is 23.0 Å². The highest BCUT2D eigenvalue weighted by Gasteiger charge is 2.14. The first-order valence-corrected chi connectivity index (χ1v) is 5.62. The summed E-state index contributed by atoms with van der Waals surface area (Å²) in [4.78, 5) is 8.07. The monoisotopic (exact) mass is 197 g/mol. The molecule has 3 nitrogen and oxygen atoms in total. The van der Waals surface area contributed by atoms with Crippen molar-refractivity contribution in [1.29, 1.82) is 0 Å². The summed E-state index contributed by atoms with van der Waals surface area (Å²) < 4.78 is 0. The second kappa shape index (κ2) is 4.17. The molecule has 0 unspecified atom stereocenters. The summed E-state index contributed by atoms with van der Waals surface area (Å²) in [6, 6.07) is 0. The predicted molar refractivity (Wildman–Crippen MR) is 54.5 cm³/mol. The third kappa shape index (κ3) is 2.07. The first-order valence-electron chi connectivity index (χ1n) is 4.74. The van der Waals surface area contributed by atoms with E-state index in [0.717, 1.165) is 12.2 Å². The lowest BCUT2D eigenvalue weighted by atomic mass is 10.3. The molecule has 2 N–H and O–H groups in total. The SMILES string of the molecule is NCc1ncsc1CN1CCCC1. The zero-order chi connectivity index (χ0) is 9.10. The topological polar surface area (TPSA) is 42.1 Å². The highest BCUT2D eigenvalue weighted by Crippen LogP contribution is 2.18. The molecule has 1 aliphatic rings. The molecule has 13 heavy (non-hydrogen) atoms. The van der Waals surface area contributed by atoms with Gasteiger partial charge in [0.25, 0.3) is 0 Å². The Morgan fingerprint density at radius 1 is 1.46 bits per heavy atom. The van der Waals surface area contributed by atoms with E-state index in [1.165, 1.54) is 30.8 Å². The second-order valence-corrected chi connectivity index (χ2v) is 4.35. The van der Waals surface area contributed by atoms with Crippen LogP contribution in [0.5, 0.6) is 0 Å². The molecule has 4 heteroatoms. The van der Waals surface area contributed by atoms with Gasteiger partial charge >= 0.3 is 0 Å². The van der Waals surface area contributed by atoms with E-state index in [1.54, 1.807) is 11.3 Å². The highest BCUT2D eigenvalue weighted by atomic mass is 32.1. The summed E-state index contributed by atoms with van der Waals surface area (Å²) in [5, 5.41) is 0. The molecule has 0 atom stereocenters. The number of hydrogen-bond acceptors (Lipinski definition) is 4. The largest absolute Gasteiger partial charge is 0.325 e. The maximum Gasteiger partial charge on any atom is 0.0798 e. The van der Waals surface area contributed by atoms with Gasteiger partial charge in [-0.15, -0.1) is 11.3 Å². The predicted octanol–water partition coefficient (Wildman–Crippen LogP) is 1.20. The quantitative estimate of drug-likeness (QED) is 0.791. The van der Waals surface area contributed by atoms with E-state index in [2.05, 4.69) is 9.88 Å². The second-order valence-electron chi connectivity index (χ2n) is 3.41. The van der Waals surface area contributed by atoms with Crippen LogP contribution in [0.4, 0.5) is 0 Å². The van der Waals surface area contributed by atoms with Gasteiger partial charge in [-0.05, 0) is 25.9 Å². The average Bonchev–Trinajstić information content (AvgIpc) is 2.76. The Balaban J connectivity index is 1.99. The van der Waals surface area contributed by atoms with Gasteiger partial charge in [-0.25, -0.2) is 4.98 Å². The Morgan fingerprint density at radius 3 is 2.92 bits per heavy atom. The summed E-state index contributed by atoms with van der Waals surface area (Å²) in [5.74, 6) is 0. The third-order valence-electron chi connectivity index (χ3n) is 2.48. The molecule has 0 radical (unpaired) electrons. The van der Waals surface area contributed by atoms with Crippen molar-refractivity contribution in [1.82, 2.24) is 9.88 Å². The van der Waals surface area contributed by atoms with Crippen molar-refractivity contribution in [3.8, 4) is 0 Å². The molecule has 72 valence electrons.